The largest absolute Gasteiger partial charge is 0.379 e. The molecule has 3 heterocycles. The van der Waals surface area contributed by atoms with E-state index in [0.717, 1.165) is 32.8 Å². The minimum Gasteiger partial charge on any atom is -0.379 e. The number of hydrogen-bond acceptors (Lipinski definition) is 4. The number of halogens is 1. The van der Waals surface area contributed by atoms with Crippen LogP contribution in [0.1, 0.15) is 21.6 Å². The fraction of sp³-hybridized carbons (Fsp3) is 0.231. The molecule has 2 aromatic heterocycles. The number of aryl methyl sites for hydroxylation is 1. The molecule has 0 spiro atoms. The Labute approximate surface area is 197 Å². The van der Waals surface area contributed by atoms with E-state index in [9.17, 15) is 9.18 Å². The summed E-state index contributed by atoms with van der Waals surface area (Å²) in [7, 11) is 0. The average Bonchev–Trinajstić information content (AvgIpc) is 3.49. The van der Waals surface area contributed by atoms with Gasteiger partial charge in [-0.25, -0.2) is 9.07 Å². The zero-order chi connectivity index (χ0) is 23.5. The van der Waals surface area contributed by atoms with Crippen LogP contribution in [-0.2, 0) is 11.3 Å². The molecule has 1 amide bonds. The summed E-state index contributed by atoms with van der Waals surface area (Å²) < 4.78 is 22.4. The first kappa shape index (κ1) is 22.1. The highest BCUT2D eigenvalue weighted by atomic mass is 19.1. The number of morpholine rings is 1. The van der Waals surface area contributed by atoms with Gasteiger partial charge in [-0.3, -0.25) is 9.69 Å². The molecule has 8 heteroatoms. The summed E-state index contributed by atoms with van der Waals surface area (Å²) >= 11 is 0. The third-order valence-electron chi connectivity index (χ3n) is 5.90. The minimum absolute atomic E-state index is 0.254. The first-order valence-electron chi connectivity index (χ1n) is 11.3. The molecule has 4 aromatic rings. The number of ether oxygens (including phenoxy) is 1. The lowest BCUT2D eigenvalue weighted by Crippen LogP contribution is -2.35. The molecule has 2 aromatic carbocycles. The fourth-order valence-corrected chi connectivity index (χ4v) is 4.16. The first-order valence-corrected chi connectivity index (χ1v) is 11.3. The molecule has 0 aliphatic carbocycles. The van der Waals surface area contributed by atoms with E-state index in [1.807, 2.05) is 53.4 Å². The molecule has 5 rings (SSSR count). The first-order chi connectivity index (χ1) is 16.6. The van der Waals surface area contributed by atoms with Gasteiger partial charge in [-0.15, -0.1) is 0 Å². The molecule has 0 saturated carbocycles. The monoisotopic (exact) mass is 459 g/mol. The third-order valence-corrected chi connectivity index (χ3v) is 5.90. The summed E-state index contributed by atoms with van der Waals surface area (Å²) in [5.74, 6) is 0.0104. The molecule has 174 valence electrons. The standard InChI is InChI=1S/C26H26FN5O2/c1-19-24(25(33)28-22-8-4-20(5-9-22)18-30-14-16-34-17-15-30)26(31-12-2-3-13-31)32(29-19)23-10-6-21(27)7-11-23/h2-13H,14-18H2,1H3,(H,28,33). The van der Waals surface area contributed by atoms with E-state index in [1.54, 1.807) is 23.7 Å². The molecule has 1 fully saturated rings. The van der Waals surface area contributed by atoms with E-state index in [0.29, 0.717) is 28.5 Å². The molecule has 0 bridgehead atoms. The summed E-state index contributed by atoms with van der Waals surface area (Å²) in [6.45, 7) is 6.05. The number of amides is 1. The van der Waals surface area contributed by atoms with Crippen LogP contribution >= 0.6 is 0 Å². The zero-order valence-electron chi connectivity index (χ0n) is 18.9. The summed E-state index contributed by atoms with van der Waals surface area (Å²) in [5.41, 5.74) is 3.60. The zero-order valence-corrected chi connectivity index (χ0v) is 18.9. The summed E-state index contributed by atoms with van der Waals surface area (Å²) in [6, 6.07) is 17.7. The van der Waals surface area contributed by atoms with Crippen molar-refractivity contribution in [1.29, 1.82) is 0 Å². The fourth-order valence-electron chi connectivity index (χ4n) is 4.16. The highest BCUT2D eigenvalue weighted by Gasteiger charge is 2.24. The Morgan fingerprint density at radius 3 is 2.38 bits per heavy atom. The molecular formula is C26H26FN5O2. The molecule has 7 nitrogen and oxygen atoms in total. The van der Waals surface area contributed by atoms with Crippen LogP contribution in [0, 0.1) is 12.7 Å². The number of aromatic nitrogens is 3. The summed E-state index contributed by atoms with van der Waals surface area (Å²) in [6.07, 6.45) is 3.71. The smallest absolute Gasteiger partial charge is 0.261 e. The molecule has 0 atom stereocenters. The number of nitrogens with zero attached hydrogens (tertiary/aromatic N) is 4. The van der Waals surface area contributed by atoms with Crippen molar-refractivity contribution in [1.82, 2.24) is 19.2 Å². The van der Waals surface area contributed by atoms with E-state index in [-0.39, 0.29) is 11.7 Å². The second-order valence-electron chi connectivity index (χ2n) is 8.30. The lowest BCUT2D eigenvalue weighted by atomic mass is 10.1. The second kappa shape index (κ2) is 9.62. The maximum atomic E-state index is 13.5. The Morgan fingerprint density at radius 1 is 1.03 bits per heavy atom. The molecule has 1 N–H and O–H groups in total. The van der Waals surface area contributed by atoms with Crippen LogP contribution in [0.4, 0.5) is 10.1 Å². The lowest BCUT2D eigenvalue weighted by molar-refractivity contribution is 0.0342. The van der Waals surface area contributed by atoms with Gasteiger partial charge in [0.2, 0.25) is 0 Å². The van der Waals surface area contributed by atoms with Crippen LogP contribution in [0.2, 0.25) is 0 Å². The van der Waals surface area contributed by atoms with Gasteiger partial charge in [0.25, 0.3) is 5.91 Å². The van der Waals surface area contributed by atoms with E-state index in [2.05, 4.69) is 15.3 Å². The van der Waals surface area contributed by atoms with E-state index < -0.39 is 0 Å². The van der Waals surface area contributed by atoms with E-state index >= 15 is 0 Å². The molecule has 34 heavy (non-hydrogen) atoms. The molecule has 1 aliphatic heterocycles. The topological polar surface area (TPSA) is 64.3 Å². The number of carbonyl (C=O) groups excluding carboxylic acids is 1. The number of benzene rings is 2. The van der Waals surface area contributed by atoms with Crippen LogP contribution < -0.4 is 5.32 Å². The van der Waals surface area contributed by atoms with Gasteiger partial charge in [0.1, 0.15) is 11.4 Å². The van der Waals surface area contributed by atoms with Gasteiger partial charge in [0.15, 0.2) is 5.82 Å². The van der Waals surface area contributed by atoms with E-state index in [4.69, 9.17) is 4.74 Å². The predicted octanol–water partition coefficient (Wildman–Crippen LogP) is 4.20. The van der Waals surface area contributed by atoms with Gasteiger partial charge in [-0.1, -0.05) is 12.1 Å². The van der Waals surface area contributed by atoms with Crippen molar-refractivity contribution in [2.24, 2.45) is 0 Å². The highest BCUT2D eigenvalue weighted by molar-refractivity contribution is 6.07. The Morgan fingerprint density at radius 2 is 1.71 bits per heavy atom. The average molecular weight is 460 g/mol. The van der Waals surface area contributed by atoms with Crippen molar-refractivity contribution in [3.05, 3.63) is 95.7 Å². The maximum absolute atomic E-state index is 13.5. The molecule has 1 saturated heterocycles. The molecule has 1 aliphatic rings. The minimum atomic E-state index is -0.329. The Balaban J connectivity index is 1.41. The molecule has 0 unspecified atom stereocenters. The maximum Gasteiger partial charge on any atom is 0.261 e. The van der Waals surface area contributed by atoms with Gasteiger partial charge in [0.05, 0.1) is 24.6 Å². The SMILES string of the molecule is Cc1nn(-c2ccc(F)cc2)c(-n2cccc2)c1C(=O)Nc1ccc(CN2CCOCC2)cc1. The van der Waals surface area contributed by atoms with Crippen molar-refractivity contribution < 1.29 is 13.9 Å². The van der Waals surface area contributed by atoms with Crippen LogP contribution in [0.3, 0.4) is 0 Å². The van der Waals surface area contributed by atoms with Gasteiger partial charge in [-0.2, -0.15) is 5.10 Å². The molecular weight excluding hydrogens is 433 g/mol. The highest BCUT2D eigenvalue weighted by Crippen LogP contribution is 2.24. The van der Waals surface area contributed by atoms with Crippen molar-refractivity contribution in [2.45, 2.75) is 13.5 Å². The number of carbonyl (C=O) groups is 1. The van der Waals surface area contributed by atoms with Crippen LogP contribution in [-0.4, -0.2) is 51.5 Å². The number of rotatable bonds is 6. The summed E-state index contributed by atoms with van der Waals surface area (Å²) in [4.78, 5) is 15.7. The normalized spacial score (nSPS) is 14.3. The van der Waals surface area contributed by atoms with Crippen molar-refractivity contribution in [2.75, 3.05) is 31.6 Å². The van der Waals surface area contributed by atoms with Gasteiger partial charge < -0.3 is 14.6 Å². The Bertz CT molecular complexity index is 1260. The Hall–Kier alpha value is -3.75. The van der Waals surface area contributed by atoms with Gasteiger partial charge in [-0.05, 0) is 61.0 Å². The quantitative estimate of drug-likeness (QED) is 0.470. The number of hydrogen-bond donors (Lipinski definition) is 1. The van der Waals surface area contributed by atoms with Crippen molar-refractivity contribution in [3.63, 3.8) is 0 Å². The van der Waals surface area contributed by atoms with Crippen LogP contribution in [0.15, 0.2) is 73.1 Å². The van der Waals surface area contributed by atoms with Crippen LogP contribution in [0.25, 0.3) is 11.5 Å². The molecule has 0 radical (unpaired) electrons. The third kappa shape index (κ3) is 4.64. The van der Waals surface area contributed by atoms with Crippen molar-refractivity contribution in [3.8, 4) is 11.5 Å². The van der Waals surface area contributed by atoms with Gasteiger partial charge in [0, 0.05) is 37.7 Å². The van der Waals surface area contributed by atoms with Gasteiger partial charge >= 0.3 is 0 Å². The summed E-state index contributed by atoms with van der Waals surface area (Å²) in [5, 5.41) is 7.61. The second-order valence-corrected chi connectivity index (χ2v) is 8.30. The lowest BCUT2D eigenvalue weighted by Gasteiger charge is -2.26. The van der Waals surface area contributed by atoms with Crippen LogP contribution in [0.5, 0.6) is 0 Å². The van der Waals surface area contributed by atoms with Crippen molar-refractivity contribution >= 4 is 11.6 Å². The predicted molar refractivity (Wildman–Crippen MR) is 128 cm³/mol. The van der Waals surface area contributed by atoms with E-state index in [1.165, 1.54) is 17.7 Å². The number of anilines is 1. The number of nitrogens with one attached hydrogen (secondary N) is 1. The Kier molecular flexibility index (Phi) is 6.24.